The van der Waals surface area contributed by atoms with Crippen LogP contribution in [0.5, 0.6) is 0 Å². The molecule has 1 fully saturated rings. The summed E-state index contributed by atoms with van der Waals surface area (Å²) in [5.74, 6) is 0. The number of carbonyl (C=O) groups excluding carboxylic acids is 1. The van der Waals surface area contributed by atoms with Crippen molar-refractivity contribution in [3.8, 4) is 0 Å². The molecule has 1 aliphatic heterocycles. The van der Waals surface area contributed by atoms with Crippen molar-refractivity contribution in [3.63, 3.8) is 0 Å². The van der Waals surface area contributed by atoms with E-state index in [1.165, 1.54) is 0 Å². The first kappa shape index (κ1) is 6.11. The molecule has 1 heterocycles. The van der Waals surface area contributed by atoms with Crippen molar-refractivity contribution >= 4 is 16.9 Å². The lowest BCUT2D eigenvalue weighted by molar-refractivity contribution is -0.111. The van der Waals surface area contributed by atoms with Gasteiger partial charge in [-0.25, -0.2) is 0 Å². The van der Waals surface area contributed by atoms with Crippen molar-refractivity contribution < 1.29 is 9.90 Å². The second-order valence-electron chi connectivity index (χ2n) is 1.84. The molecule has 0 spiro atoms. The Balaban J connectivity index is 2.34. The van der Waals surface area contributed by atoms with Crippen LogP contribution in [0.25, 0.3) is 0 Å². The molecule has 1 N–H and O–H groups in total. The molecule has 1 atom stereocenters. The zero-order chi connectivity index (χ0) is 5.98. The van der Waals surface area contributed by atoms with Gasteiger partial charge in [-0.2, -0.15) is 0 Å². The van der Waals surface area contributed by atoms with E-state index in [1.807, 2.05) is 0 Å². The van der Waals surface area contributed by atoms with E-state index in [0.717, 1.165) is 24.6 Å². The highest BCUT2D eigenvalue weighted by atomic mass is 32.2. The van der Waals surface area contributed by atoms with Gasteiger partial charge in [0.2, 0.25) is 0 Å². The Kier molecular flexibility index (Phi) is 1.91. The molecular formula is C5H8O2S. The van der Waals surface area contributed by atoms with Gasteiger partial charge in [-0.05, 0) is 12.8 Å². The van der Waals surface area contributed by atoms with Gasteiger partial charge in [0.05, 0.1) is 0 Å². The highest BCUT2D eigenvalue weighted by Crippen LogP contribution is 2.23. The third-order valence-corrected chi connectivity index (χ3v) is 2.07. The van der Waals surface area contributed by atoms with Gasteiger partial charge in [-0.1, -0.05) is 11.8 Å². The van der Waals surface area contributed by atoms with Crippen molar-refractivity contribution in [2.24, 2.45) is 0 Å². The summed E-state index contributed by atoms with van der Waals surface area (Å²) in [6.07, 6.45) is 2.27. The molecule has 0 aromatic heterocycles. The minimum absolute atomic E-state index is 0.128. The fourth-order valence-corrected chi connectivity index (χ4v) is 1.54. The molecule has 0 aromatic carbocycles. The normalized spacial score (nSPS) is 30.6. The zero-order valence-corrected chi connectivity index (χ0v) is 5.28. The SMILES string of the molecule is O=C1CCC[C@@H](O)S1. The first-order chi connectivity index (χ1) is 3.79. The first-order valence-electron chi connectivity index (χ1n) is 2.66. The molecule has 0 saturated carbocycles. The molecule has 2 nitrogen and oxygen atoms in total. The molecule has 46 valence electrons. The van der Waals surface area contributed by atoms with E-state index in [9.17, 15) is 4.79 Å². The van der Waals surface area contributed by atoms with Gasteiger partial charge in [0.25, 0.3) is 0 Å². The number of hydrogen-bond donors (Lipinski definition) is 1. The molecule has 3 heteroatoms. The summed E-state index contributed by atoms with van der Waals surface area (Å²) in [5, 5.41) is 8.95. The van der Waals surface area contributed by atoms with Gasteiger partial charge in [0, 0.05) is 6.42 Å². The van der Waals surface area contributed by atoms with Crippen LogP contribution in [0.4, 0.5) is 0 Å². The highest BCUT2D eigenvalue weighted by molar-refractivity contribution is 8.14. The molecule has 0 aliphatic carbocycles. The zero-order valence-electron chi connectivity index (χ0n) is 4.46. The van der Waals surface area contributed by atoms with Gasteiger partial charge in [0.15, 0.2) is 5.12 Å². The molecule has 1 saturated heterocycles. The van der Waals surface area contributed by atoms with E-state index in [4.69, 9.17) is 5.11 Å². The summed E-state index contributed by atoms with van der Waals surface area (Å²) < 4.78 is 0. The summed E-state index contributed by atoms with van der Waals surface area (Å²) in [4.78, 5) is 10.5. The maximum atomic E-state index is 10.5. The summed E-state index contributed by atoms with van der Waals surface area (Å²) in [6.45, 7) is 0. The third-order valence-electron chi connectivity index (χ3n) is 1.10. The number of rotatable bonds is 0. The van der Waals surface area contributed by atoms with Gasteiger partial charge in [0.1, 0.15) is 5.44 Å². The fourth-order valence-electron chi connectivity index (χ4n) is 0.691. The summed E-state index contributed by atoms with van der Waals surface area (Å²) >= 11 is 1.06. The smallest absolute Gasteiger partial charge is 0.191 e. The van der Waals surface area contributed by atoms with E-state index in [0.29, 0.717) is 6.42 Å². The van der Waals surface area contributed by atoms with Crippen LogP contribution in [-0.2, 0) is 4.79 Å². The van der Waals surface area contributed by atoms with Crippen molar-refractivity contribution in [2.45, 2.75) is 24.7 Å². The van der Waals surface area contributed by atoms with Crippen LogP contribution >= 0.6 is 11.8 Å². The standard InChI is InChI=1S/C5H8O2S/c6-4-2-1-3-5(7)8-4/h4,6H,1-3H2/t4-/m0/s1. The van der Waals surface area contributed by atoms with Gasteiger partial charge >= 0.3 is 0 Å². The lowest BCUT2D eigenvalue weighted by atomic mass is 10.2. The van der Waals surface area contributed by atoms with E-state index in [2.05, 4.69) is 0 Å². The van der Waals surface area contributed by atoms with Crippen molar-refractivity contribution in [1.82, 2.24) is 0 Å². The second kappa shape index (κ2) is 2.51. The lowest BCUT2D eigenvalue weighted by Crippen LogP contribution is -2.11. The van der Waals surface area contributed by atoms with Crippen LogP contribution in [-0.4, -0.2) is 15.7 Å². The minimum atomic E-state index is -0.420. The molecule has 0 aromatic rings. The fraction of sp³-hybridized carbons (Fsp3) is 0.800. The quantitative estimate of drug-likeness (QED) is 0.528. The van der Waals surface area contributed by atoms with Crippen molar-refractivity contribution in [2.75, 3.05) is 0 Å². The van der Waals surface area contributed by atoms with Crippen molar-refractivity contribution in [3.05, 3.63) is 0 Å². The molecule has 0 radical (unpaired) electrons. The maximum Gasteiger partial charge on any atom is 0.191 e. The Hall–Kier alpha value is -0.0200. The number of aliphatic hydroxyl groups excluding tert-OH is 1. The van der Waals surface area contributed by atoms with Gasteiger partial charge in [-0.15, -0.1) is 0 Å². The van der Waals surface area contributed by atoms with Crippen LogP contribution in [0, 0.1) is 0 Å². The molecule has 0 bridgehead atoms. The van der Waals surface area contributed by atoms with E-state index in [-0.39, 0.29) is 5.12 Å². The average Bonchev–Trinajstić information content (AvgIpc) is 1.64. The Morgan fingerprint density at radius 1 is 1.75 bits per heavy atom. The Morgan fingerprint density at radius 2 is 2.50 bits per heavy atom. The minimum Gasteiger partial charge on any atom is -0.382 e. The summed E-state index contributed by atoms with van der Waals surface area (Å²) in [6, 6.07) is 0. The molecule has 8 heavy (non-hydrogen) atoms. The third kappa shape index (κ3) is 1.49. The number of aliphatic hydroxyl groups is 1. The van der Waals surface area contributed by atoms with Crippen LogP contribution in [0.15, 0.2) is 0 Å². The Bertz CT molecular complexity index is 103. The Morgan fingerprint density at radius 3 is 2.88 bits per heavy atom. The number of thioether (sulfide) groups is 1. The van der Waals surface area contributed by atoms with E-state index >= 15 is 0 Å². The van der Waals surface area contributed by atoms with Gasteiger partial charge in [-0.3, -0.25) is 4.79 Å². The largest absolute Gasteiger partial charge is 0.382 e. The molecular weight excluding hydrogens is 124 g/mol. The summed E-state index contributed by atoms with van der Waals surface area (Å²) in [7, 11) is 0. The number of hydrogen-bond acceptors (Lipinski definition) is 3. The highest BCUT2D eigenvalue weighted by Gasteiger charge is 2.16. The van der Waals surface area contributed by atoms with E-state index in [1.54, 1.807) is 0 Å². The Labute approximate surface area is 52.3 Å². The van der Waals surface area contributed by atoms with Crippen LogP contribution in [0.1, 0.15) is 19.3 Å². The summed E-state index contributed by atoms with van der Waals surface area (Å²) in [5.41, 5.74) is -0.420. The van der Waals surface area contributed by atoms with Crippen LogP contribution in [0.3, 0.4) is 0 Å². The number of carbonyl (C=O) groups is 1. The predicted octanol–water partition coefficient (Wildman–Crippen LogP) is 0.748. The van der Waals surface area contributed by atoms with Crippen molar-refractivity contribution in [1.29, 1.82) is 0 Å². The lowest BCUT2D eigenvalue weighted by Gasteiger charge is -2.12. The monoisotopic (exact) mass is 132 g/mol. The molecule has 0 amide bonds. The van der Waals surface area contributed by atoms with E-state index < -0.39 is 5.44 Å². The first-order valence-corrected chi connectivity index (χ1v) is 3.54. The molecule has 0 unspecified atom stereocenters. The topological polar surface area (TPSA) is 37.3 Å². The average molecular weight is 132 g/mol. The molecule has 1 rings (SSSR count). The van der Waals surface area contributed by atoms with Gasteiger partial charge < -0.3 is 5.11 Å². The van der Waals surface area contributed by atoms with Crippen LogP contribution < -0.4 is 0 Å². The predicted molar refractivity (Wildman–Crippen MR) is 32.5 cm³/mol. The molecule has 1 aliphatic rings. The van der Waals surface area contributed by atoms with Crippen LogP contribution in [0.2, 0.25) is 0 Å². The second-order valence-corrected chi connectivity index (χ2v) is 3.07. The maximum absolute atomic E-state index is 10.5.